The summed E-state index contributed by atoms with van der Waals surface area (Å²) in [6.45, 7) is 4.17. The molecule has 0 aromatic heterocycles. The summed E-state index contributed by atoms with van der Waals surface area (Å²) in [6.07, 6.45) is 60.2. The van der Waals surface area contributed by atoms with Crippen LogP contribution in [0, 0.1) is 0 Å². The van der Waals surface area contributed by atoms with E-state index >= 15 is 0 Å². The van der Waals surface area contributed by atoms with Gasteiger partial charge in [0.25, 0.3) is 0 Å². The molecule has 3 unspecified atom stereocenters. The molecule has 0 aliphatic heterocycles. The molecule has 4 N–H and O–H groups in total. The van der Waals surface area contributed by atoms with Gasteiger partial charge in [0.2, 0.25) is 5.91 Å². The van der Waals surface area contributed by atoms with Gasteiger partial charge < -0.3 is 20.6 Å². The number of nitrogens with one attached hydrogen (secondary N) is 1. The fraction of sp³-hybridized carbons (Fsp3) is 0.824. The largest absolute Gasteiger partial charge is 0.394 e. The predicted molar refractivity (Wildman–Crippen MR) is 245 cm³/mol. The van der Waals surface area contributed by atoms with Gasteiger partial charge in [0, 0.05) is 0 Å². The number of carbonyl (C=O) groups excluding carboxylic acids is 1. The molecule has 5 nitrogen and oxygen atoms in total. The lowest BCUT2D eigenvalue weighted by Crippen LogP contribution is -2.48. The molecule has 0 rings (SSSR count). The molecular formula is C51H95NO4. The molecule has 0 aliphatic rings. The molecule has 0 saturated heterocycles. The Morgan fingerprint density at radius 2 is 0.732 bits per heavy atom. The zero-order chi connectivity index (χ0) is 40.8. The summed E-state index contributed by atoms with van der Waals surface area (Å²) < 4.78 is 0. The highest BCUT2D eigenvalue weighted by Gasteiger charge is 2.22. The van der Waals surface area contributed by atoms with Crippen LogP contribution in [-0.4, -0.2) is 46.1 Å². The molecule has 0 aromatic rings. The Morgan fingerprint density at radius 1 is 0.429 bits per heavy atom. The summed E-state index contributed by atoms with van der Waals surface area (Å²) in [6, 6.07) is -0.822. The van der Waals surface area contributed by atoms with Crippen molar-refractivity contribution >= 4 is 5.91 Å². The first kappa shape index (κ1) is 54.3. The highest BCUT2D eigenvalue weighted by Crippen LogP contribution is 2.15. The molecular weight excluding hydrogens is 691 g/mol. The van der Waals surface area contributed by atoms with Crippen molar-refractivity contribution in [3.63, 3.8) is 0 Å². The Morgan fingerprint density at radius 3 is 1.09 bits per heavy atom. The van der Waals surface area contributed by atoms with Gasteiger partial charge in [-0.25, -0.2) is 0 Å². The molecule has 0 aromatic carbocycles. The summed E-state index contributed by atoms with van der Waals surface area (Å²) in [5.74, 6) is -0.518. The number of hydrogen-bond acceptors (Lipinski definition) is 4. The van der Waals surface area contributed by atoms with Crippen LogP contribution in [0.25, 0.3) is 0 Å². The van der Waals surface area contributed by atoms with Crippen LogP contribution in [0.3, 0.4) is 0 Å². The molecule has 0 heterocycles. The fourth-order valence-electron chi connectivity index (χ4n) is 7.27. The van der Waals surface area contributed by atoms with Gasteiger partial charge in [-0.15, -0.1) is 0 Å². The third-order valence-corrected chi connectivity index (χ3v) is 11.1. The van der Waals surface area contributed by atoms with Crippen molar-refractivity contribution in [2.75, 3.05) is 6.61 Å². The normalized spacial score (nSPS) is 13.9. The minimum Gasteiger partial charge on any atom is -0.394 e. The Kier molecular flexibility index (Phi) is 44.6. The van der Waals surface area contributed by atoms with E-state index in [1.807, 2.05) is 6.08 Å². The lowest BCUT2D eigenvalue weighted by molar-refractivity contribution is -0.131. The van der Waals surface area contributed by atoms with E-state index in [1.54, 1.807) is 6.08 Å². The van der Waals surface area contributed by atoms with Crippen LogP contribution in [0.5, 0.6) is 0 Å². The van der Waals surface area contributed by atoms with Crippen LogP contribution >= 0.6 is 0 Å². The molecule has 1 amide bonds. The monoisotopic (exact) mass is 786 g/mol. The second-order valence-electron chi connectivity index (χ2n) is 16.6. The van der Waals surface area contributed by atoms with Gasteiger partial charge in [0.1, 0.15) is 6.10 Å². The first-order valence-electron chi connectivity index (χ1n) is 24.5. The van der Waals surface area contributed by atoms with E-state index in [1.165, 1.54) is 180 Å². The maximum Gasteiger partial charge on any atom is 0.249 e. The van der Waals surface area contributed by atoms with E-state index in [9.17, 15) is 20.1 Å². The van der Waals surface area contributed by atoms with Crippen molar-refractivity contribution in [2.24, 2.45) is 0 Å². The van der Waals surface area contributed by atoms with E-state index in [2.05, 4.69) is 55.6 Å². The predicted octanol–water partition coefficient (Wildman–Crippen LogP) is 14.5. The number of allylic oxidation sites excluding steroid dienone is 7. The van der Waals surface area contributed by atoms with Gasteiger partial charge in [-0.3, -0.25) is 4.79 Å². The average Bonchev–Trinajstić information content (AvgIpc) is 3.20. The lowest BCUT2D eigenvalue weighted by atomic mass is 10.0. The maximum absolute atomic E-state index is 12.5. The molecule has 56 heavy (non-hydrogen) atoms. The van der Waals surface area contributed by atoms with Crippen LogP contribution in [0.15, 0.2) is 48.6 Å². The Hall–Kier alpha value is -1.69. The highest BCUT2D eigenvalue weighted by molar-refractivity contribution is 5.80. The van der Waals surface area contributed by atoms with Crippen molar-refractivity contribution in [2.45, 2.75) is 263 Å². The highest BCUT2D eigenvalue weighted by atomic mass is 16.3. The Balaban J connectivity index is 3.67. The minimum absolute atomic E-state index is 0.382. The second-order valence-corrected chi connectivity index (χ2v) is 16.6. The summed E-state index contributed by atoms with van der Waals surface area (Å²) in [4.78, 5) is 12.5. The molecule has 0 radical (unpaired) electrons. The average molecular weight is 786 g/mol. The summed E-state index contributed by atoms with van der Waals surface area (Å²) in [5.41, 5.74) is 0. The molecule has 0 fully saturated rings. The molecule has 0 saturated carbocycles. The zero-order valence-corrected chi connectivity index (χ0v) is 37.3. The molecule has 0 aliphatic carbocycles. The standard InChI is InChI=1S/C51H95NO4/c1-3-5-7-9-11-13-15-17-19-21-22-23-24-25-26-27-28-30-32-34-36-38-40-42-44-46-50(55)51(56)52-48(47-53)49(54)45-43-41-39-37-35-33-31-29-20-18-16-14-12-10-8-6-4-2/h20,25-26,29,35,37,43,45,48-50,53-55H,3-19,21-24,27-28,30-34,36,38-42,44,46-47H2,1-2H3,(H,52,56)/b26-25-,29-20+,37-35+,45-43+. The third-order valence-electron chi connectivity index (χ3n) is 11.1. The van der Waals surface area contributed by atoms with Crippen LogP contribution < -0.4 is 5.32 Å². The van der Waals surface area contributed by atoms with Crippen molar-refractivity contribution in [1.29, 1.82) is 0 Å². The van der Waals surface area contributed by atoms with Gasteiger partial charge >= 0.3 is 0 Å². The van der Waals surface area contributed by atoms with Crippen LogP contribution in [-0.2, 0) is 4.79 Å². The quantitative estimate of drug-likeness (QED) is 0.0366. The number of hydrogen-bond donors (Lipinski definition) is 4. The molecule has 328 valence electrons. The van der Waals surface area contributed by atoms with E-state index in [0.29, 0.717) is 6.42 Å². The van der Waals surface area contributed by atoms with E-state index in [4.69, 9.17) is 0 Å². The number of unbranched alkanes of at least 4 members (excludes halogenated alkanes) is 30. The zero-order valence-electron chi connectivity index (χ0n) is 37.3. The van der Waals surface area contributed by atoms with Gasteiger partial charge in [0.15, 0.2) is 0 Å². The topological polar surface area (TPSA) is 89.8 Å². The smallest absolute Gasteiger partial charge is 0.249 e. The van der Waals surface area contributed by atoms with Gasteiger partial charge in [-0.2, -0.15) is 0 Å². The number of carbonyl (C=O) groups is 1. The van der Waals surface area contributed by atoms with E-state index in [-0.39, 0.29) is 6.61 Å². The van der Waals surface area contributed by atoms with Gasteiger partial charge in [-0.05, 0) is 70.6 Å². The first-order valence-corrected chi connectivity index (χ1v) is 24.5. The number of rotatable bonds is 44. The maximum atomic E-state index is 12.5. The van der Waals surface area contributed by atoms with Crippen molar-refractivity contribution < 1.29 is 20.1 Å². The summed E-state index contributed by atoms with van der Waals surface area (Å²) in [7, 11) is 0. The van der Waals surface area contributed by atoms with Crippen LogP contribution in [0.4, 0.5) is 0 Å². The minimum atomic E-state index is -1.11. The van der Waals surface area contributed by atoms with E-state index in [0.717, 1.165) is 44.9 Å². The van der Waals surface area contributed by atoms with Gasteiger partial charge in [-0.1, -0.05) is 223 Å². The number of aliphatic hydroxyl groups excluding tert-OH is 3. The lowest BCUT2D eigenvalue weighted by Gasteiger charge is -2.21. The third kappa shape index (κ3) is 40.5. The first-order chi connectivity index (χ1) is 27.6. The SMILES string of the molecule is CCCCCCCCC/C=C/CC/C=C/CC/C=C/C(O)C(CO)NC(=O)C(O)CCCCCCCCCCC/C=C\CCCCCCCCCCCCCC. The molecule has 0 spiro atoms. The summed E-state index contributed by atoms with van der Waals surface area (Å²) >= 11 is 0. The Labute approximate surface area is 348 Å². The van der Waals surface area contributed by atoms with Crippen molar-refractivity contribution in [1.82, 2.24) is 5.32 Å². The van der Waals surface area contributed by atoms with Crippen molar-refractivity contribution in [3.8, 4) is 0 Å². The summed E-state index contributed by atoms with van der Waals surface area (Å²) in [5, 5.41) is 33.2. The van der Waals surface area contributed by atoms with Crippen molar-refractivity contribution in [3.05, 3.63) is 48.6 Å². The second kappa shape index (κ2) is 46.0. The Bertz CT molecular complexity index is 912. The van der Waals surface area contributed by atoms with E-state index < -0.39 is 24.2 Å². The number of amides is 1. The fourth-order valence-corrected chi connectivity index (χ4v) is 7.27. The molecule has 5 heteroatoms. The van der Waals surface area contributed by atoms with Crippen LogP contribution in [0.2, 0.25) is 0 Å². The molecule has 3 atom stereocenters. The number of aliphatic hydroxyl groups is 3. The molecule has 0 bridgehead atoms. The van der Waals surface area contributed by atoms with Gasteiger partial charge in [0.05, 0.1) is 18.8 Å². The van der Waals surface area contributed by atoms with Crippen LogP contribution in [0.1, 0.15) is 245 Å².